The number of ether oxygens (including phenoxy) is 1. The van der Waals surface area contributed by atoms with Crippen LogP contribution in [0.25, 0.3) is 0 Å². The summed E-state index contributed by atoms with van der Waals surface area (Å²) in [6.45, 7) is 4.11. The summed E-state index contributed by atoms with van der Waals surface area (Å²) in [4.78, 5) is 15.1. The van der Waals surface area contributed by atoms with Crippen LogP contribution in [0.15, 0.2) is 47.6 Å². The number of aryl methyl sites for hydroxylation is 1. The predicted molar refractivity (Wildman–Crippen MR) is 132 cm³/mol. The number of hydrogen-bond acceptors (Lipinski definition) is 8. The Bertz CT molecular complexity index is 1190. The van der Waals surface area contributed by atoms with Crippen LogP contribution in [-0.2, 0) is 10.9 Å². The zero-order valence-corrected chi connectivity index (χ0v) is 20.1. The fourth-order valence-electron chi connectivity index (χ4n) is 3.20. The van der Waals surface area contributed by atoms with E-state index in [2.05, 4.69) is 30.8 Å². The van der Waals surface area contributed by atoms with Crippen LogP contribution in [0.2, 0.25) is 5.02 Å². The number of rotatable bonds is 6. The van der Waals surface area contributed by atoms with Gasteiger partial charge >= 0.3 is 6.18 Å². The molecule has 1 aliphatic heterocycles. The maximum absolute atomic E-state index is 13.2. The molecule has 1 fully saturated rings. The van der Waals surface area contributed by atoms with E-state index in [1.165, 1.54) is 18.2 Å². The number of aromatic nitrogens is 3. The van der Waals surface area contributed by atoms with Crippen molar-refractivity contribution >= 4 is 53.8 Å². The molecule has 0 aliphatic carbocycles. The SMILES string of the molecule is Cc1ccc(Nc2nc(N/N=C/c3ccccc3C(F)(F)F)nc(N3CCOCC3)n2)cc1Cl.Cl. The number of morpholine rings is 1. The minimum Gasteiger partial charge on any atom is -0.378 e. The molecule has 0 spiro atoms. The molecular weight excluding hydrogens is 506 g/mol. The Labute approximate surface area is 211 Å². The Kier molecular flexibility index (Phi) is 8.71. The highest BCUT2D eigenvalue weighted by atomic mass is 35.5. The Balaban J connectivity index is 0.00000342. The first kappa shape index (κ1) is 26.5. The van der Waals surface area contributed by atoms with E-state index in [9.17, 15) is 13.2 Å². The molecule has 0 unspecified atom stereocenters. The predicted octanol–water partition coefficient (Wildman–Crippen LogP) is 5.30. The molecule has 1 aliphatic rings. The zero-order chi connectivity index (χ0) is 24.1. The van der Waals surface area contributed by atoms with Crippen LogP contribution < -0.4 is 15.6 Å². The first-order valence-electron chi connectivity index (χ1n) is 10.4. The lowest BCUT2D eigenvalue weighted by atomic mass is 10.1. The second-order valence-electron chi connectivity index (χ2n) is 7.43. The van der Waals surface area contributed by atoms with Gasteiger partial charge in [-0.1, -0.05) is 35.9 Å². The molecule has 4 rings (SSSR count). The Hall–Kier alpha value is -3.15. The van der Waals surface area contributed by atoms with Gasteiger partial charge in [0, 0.05) is 29.4 Å². The van der Waals surface area contributed by atoms with Crippen molar-refractivity contribution in [2.75, 3.05) is 41.9 Å². The normalized spacial score (nSPS) is 14.0. The molecule has 1 aromatic heterocycles. The summed E-state index contributed by atoms with van der Waals surface area (Å²) in [5.41, 5.74) is 3.33. The minimum absolute atomic E-state index is 0. The van der Waals surface area contributed by atoms with E-state index in [4.69, 9.17) is 16.3 Å². The molecule has 2 N–H and O–H groups in total. The molecule has 2 heterocycles. The lowest BCUT2D eigenvalue weighted by Gasteiger charge is -2.27. The third kappa shape index (κ3) is 6.93. The summed E-state index contributed by atoms with van der Waals surface area (Å²) in [5.74, 6) is 0.676. The van der Waals surface area contributed by atoms with Crippen LogP contribution in [0.4, 0.5) is 36.7 Å². The van der Waals surface area contributed by atoms with Crippen LogP contribution in [0.5, 0.6) is 0 Å². The van der Waals surface area contributed by atoms with Gasteiger partial charge < -0.3 is 15.0 Å². The Morgan fingerprint density at radius 2 is 1.77 bits per heavy atom. The molecule has 13 heteroatoms. The van der Waals surface area contributed by atoms with Gasteiger partial charge in [0.15, 0.2) is 0 Å². The highest BCUT2D eigenvalue weighted by Gasteiger charge is 2.32. The monoisotopic (exact) mass is 527 g/mol. The molecular formula is C22H22Cl2F3N7O. The van der Waals surface area contributed by atoms with E-state index in [0.717, 1.165) is 17.8 Å². The fraction of sp³-hybridized carbons (Fsp3) is 0.273. The van der Waals surface area contributed by atoms with Crippen LogP contribution in [0, 0.1) is 6.92 Å². The van der Waals surface area contributed by atoms with Crippen LogP contribution in [0.3, 0.4) is 0 Å². The highest BCUT2D eigenvalue weighted by molar-refractivity contribution is 6.31. The summed E-state index contributed by atoms with van der Waals surface area (Å²) < 4.78 is 45.0. The third-order valence-electron chi connectivity index (χ3n) is 4.98. The number of hydrogen-bond donors (Lipinski definition) is 2. The topological polar surface area (TPSA) is 87.6 Å². The number of anilines is 4. The van der Waals surface area contributed by atoms with Gasteiger partial charge in [-0.25, -0.2) is 5.43 Å². The number of nitrogens with one attached hydrogen (secondary N) is 2. The number of benzene rings is 2. The number of halogens is 5. The average Bonchev–Trinajstić information content (AvgIpc) is 2.82. The molecule has 3 aromatic rings. The second kappa shape index (κ2) is 11.5. The lowest BCUT2D eigenvalue weighted by Crippen LogP contribution is -2.37. The molecule has 0 bridgehead atoms. The fourth-order valence-corrected chi connectivity index (χ4v) is 3.38. The summed E-state index contributed by atoms with van der Waals surface area (Å²) in [6, 6.07) is 10.6. The Morgan fingerprint density at radius 3 is 2.49 bits per heavy atom. The molecule has 0 radical (unpaired) electrons. The van der Waals surface area contributed by atoms with E-state index < -0.39 is 11.7 Å². The first-order valence-corrected chi connectivity index (χ1v) is 10.7. The van der Waals surface area contributed by atoms with E-state index in [0.29, 0.717) is 43.0 Å². The second-order valence-corrected chi connectivity index (χ2v) is 7.83. The summed E-state index contributed by atoms with van der Waals surface area (Å²) in [6.07, 6.45) is -3.42. The summed E-state index contributed by atoms with van der Waals surface area (Å²) in [7, 11) is 0. The van der Waals surface area contributed by atoms with Crippen LogP contribution in [-0.4, -0.2) is 47.5 Å². The molecule has 186 valence electrons. The average molecular weight is 528 g/mol. The van der Waals surface area contributed by atoms with Crippen molar-refractivity contribution in [3.8, 4) is 0 Å². The van der Waals surface area contributed by atoms with Gasteiger partial charge in [0.2, 0.25) is 17.8 Å². The van der Waals surface area contributed by atoms with Gasteiger partial charge in [-0.05, 0) is 30.7 Å². The summed E-state index contributed by atoms with van der Waals surface area (Å²) >= 11 is 6.21. The van der Waals surface area contributed by atoms with E-state index in [1.54, 1.807) is 6.07 Å². The molecule has 1 saturated heterocycles. The van der Waals surface area contributed by atoms with Crippen molar-refractivity contribution in [3.05, 3.63) is 64.2 Å². The van der Waals surface area contributed by atoms with Gasteiger partial charge in [0.05, 0.1) is 25.0 Å². The van der Waals surface area contributed by atoms with Crippen molar-refractivity contribution in [2.24, 2.45) is 5.10 Å². The molecule has 2 aromatic carbocycles. The third-order valence-corrected chi connectivity index (χ3v) is 5.39. The van der Waals surface area contributed by atoms with Crippen LogP contribution in [0.1, 0.15) is 16.7 Å². The van der Waals surface area contributed by atoms with Gasteiger partial charge in [0.25, 0.3) is 0 Å². The lowest BCUT2D eigenvalue weighted by molar-refractivity contribution is -0.137. The summed E-state index contributed by atoms with van der Waals surface area (Å²) in [5, 5.41) is 7.59. The number of nitrogens with zero attached hydrogens (tertiary/aromatic N) is 5. The molecule has 0 amide bonds. The quantitative estimate of drug-likeness (QED) is 0.332. The van der Waals surface area contributed by atoms with Gasteiger partial charge in [-0.3, -0.25) is 0 Å². The molecule has 35 heavy (non-hydrogen) atoms. The highest BCUT2D eigenvalue weighted by Crippen LogP contribution is 2.31. The van der Waals surface area contributed by atoms with Crippen molar-refractivity contribution in [2.45, 2.75) is 13.1 Å². The minimum atomic E-state index is -4.49. The smallest absolute Gasteiger partial charge is 0.378 e. The van der Waals surface area contributed by atoms with Crippen molar-refractivity contribution < 1.29 is 17.9 Å². The maximum Gasteiger partial charge on any atom is 0.417 e. The number of hydrazone groups is 1. The van der Waals surface area contributed by atoms with Crippen molar-refractivity contribution in [1.82, 2.24) is 15.0 Å². The van der Waals surface area contributed by atoms with Gasteiger partial charge in [-0.15, -0.1) is 12.4 Å². The standard InChI is InChI=1S/C22H21ClF3N7O.ClH/c1-14-6-7-16(12-18(14)23)28-19-29-20(31-21(30-19)33-8-10-34-11-9-33)32-27-13-15-4-2-3-5-17(15)22(24,25)26;/h2-7,12-13H,8-11H2,1H3,(H2,28,29,30,31,32);1H/b27-13+;. The maximum atomic E-state index is 13.2. The van der Waals surface area contributed by atoms with Crippen molar-refractivity contribution in [1.29, 1.82) is 0 Å². The first-order chi connectivity index (χ1) is 16.3. The van der Waals surface area contributed by atoms with E-state index in [-0.39, 0.29) is 29.9 Å². The van der Waals surface area contributed by atoms with Gasteiger partial charge in [-0.2, -0.15) is 33.2 Å². The zero-order valence-electron chi connectivity index (χ0n) is 18.5. The van der Waals surface area contributed by atoms with Crippen LogP contribution >= 0.6 is 24.0 Å². The number of alkyl halides is 3. The molecule has 0 saturated carbocycles. The van der Waals surface area contributed by atoms with E-state index >= 15 is 0 Å². The molecule has 0 atom stereocenters. The molecule has 8 nitrogen and oxygen atoms in total. The van der Waals surface area contributed by atoms with E-state index in [1.807, 2.05) is 24.0 Å². The largest absolute Gasteiger partial charge is 0.417 e. The van der Waals surface area contributed by atoms with Gasteiger partial charge in [0.1, 0.15) is 0 Å². The van der Waals surface area contributed by atoms with Crippen molar-refractivity contribution in [3.63, 3.8) is 0 Å². The Morgan fingerprint density at radius 1 is 1.06 bits per heavy atom.